The summed E-state index contributed by atoms with van der Waals surface area (Å²) < 4.78 is 19.0. The van der Waals surface area contributed by atoms with Gasteiger partial charge in [0.15, 0.2) is 23.0 Å². The largest absolute Gasteiger partial charge is 0.493 e. The molecule has 5 nitrogen and oxygen atoms in total. The second kappa shape index (κ2) is 6.31. The molecule has 1 unspecified atom stereocenters. The molecule has 2 aromatic rings. The van der Waals surface area contributed by atoms with Gasteiger partial charge in [0.25, 0.3) is 0 Å². The van der Waals surface area contributed by atoms with E-state index in [2.05, 4.69) is 45.4 Å². The second-order valence-electron chi connectivity index (χ2n) is 7.74. The molecule has 5 rings (SSSR count). The lowest BCUT2D eigenvalue weighted by atomic mass is 9.82. The fourth-order valence-electron chi connectivity index (χ4n) is 4.49. The lowest BCUT2D eigenvalue weighted by Crippen LogP contribution is -2.60. The van der Waals surface area contributed by atoms with E-state index < -0.39 is 0 Å². The summed E-state index contributed by atoms with van der Waals surface area (Å²) >= 11 is 3.61. The summed E-state index contributed by atoms with van der Waals surface area (Å²) in [7, 11) is 1.70. The van der Waals surface area contributed by atoms with Crippen LogP contribution in [0.15, 0.2) is 45.5 Å². The number of hydrogen-bond donors (Lipinski definition) is 1. The van der Waals surface area contributed by atoms with Crippen LogP contribution in [0, 0.1) is 5.92 Å². The van der Waals surface area contributed by atoms with Gasteiger partial charge in [0, 0.05) is 22.9 Å². The molecule has 0 bridgehead atoms. The maximum atomic E-state index is 6.72. The normalized spacial score (nSPS) is 29.5. The van der Waals surface area contributed by atoms with E-state index >= 15 is 0 Å². The Balaban J connectivity index is 1.64. The molecule has 27 heavy (non-hydrogen) atoms. The lowest BCUT2D eigenvalue weighted by Gasteiger charge is -2.51. The Kier molecular flexibility index (Phi) is 4.02. The van der Waals surface area contributed by atoms with E-state index in [1.165, 1.54) is 0 Å². The summed E-state index contributed by atoms with van der Waals surface area (Å²) in [5.41, 5.74) is 5.29. The Morgan fingerprint density at radius 1 is 1.30 bits per heavy atom. The topological polar surface area (TPSA) is 46.9 Å². The molecule has 1 aromatic heterocycles. The first-order valence-electron chi connectivity index (χ1n) is 9.48. The third-order valence-corrected chi connectivity index (χ3v) is 6.46. The fourth-order valence-corrected chi connectivity index (χ4v) is 4.94. The van der Waals surface area contributed by atoms with E-state index in [0.29, 0.717) is 0 Å². The van der Waals surface area contributed by atoms with E-state index in [-0.39, 0.29) is 11.8 Å². The van der Waals surface area contributed by atoms with Gasteiger partial charge >= 0.3 is 0 Å². The summed E-state index contributed by atoms with van der Waals surface area (Å²) in [4.78, 5) is 0. The van der Waals surface area contributed by atoms with Crippen LogP contribution < -0.4 is 14.9 Å². The quantitative estimate of drug-likeness (QED) is 0.704. The minimum absolute atomic E-state index is 0.0636. The molecule has 142 valence electrons. The van der Waals surface area contributed by atoms with Crippen molar-refractivity contribution in [3.8, 4) is 11.5 Å². The highest BCUT2D eigenvalue weighted by Crippen LogP contribution is 2.53. The molecule has 1 aromatic carbocycles. The summed E-state index contributed by atoms with van der Waals surface area (Å²) in [5.74, 6) is 3.20. The summed E-state index contributed by atoms with van der Waals surface area (Å²) in [6.45, 7) is 2.32. The number of rotatable bonds is 2. The number of benzene rings is 1. The molecule has 3 aliphatic rings. The van der Waals surface area contributed by atoms with Crippen molar-refractivity contribution in [1.82, 2.24) is 10.4 Å². The van der Waals surface area contributed by atoms with Crippen molar-refractivity contribution < 1.29 is 13.9 Å². The highest BCUT2D eigenvalue weighted by Gasteiger charge is 2.52. The van der Waals surface area contributed by atoms with Crippen LogP contribution in [-0.2, 0) is 0 Å². The fraction of sp³-hybridized carbons (Fsp3) is 0.429. The van der Waals surface area contributed by atoms with E-state index in [9.17, 15) is 0 Å². The van der Waals surface area contributed by atoms with Gasteiger partial charge in [0.05, 0.1) is 25.1 Å². The average Bonchev–Trinajstić information content (AvgIpc) is 3.34. The van der Waals surface area contributed by atoms with Crippen LogP contribution in [0.3, 0.4) is 0 Å². The van der Waals surface area contributed by atoms with E-state index in [1.54, 1.807) is 13.4 Å². The zero-order valence-corrected chi connectivity index (χ0v) is 17.1. The molecule has 1 fully saturated rings. The summed E-state index contributed by atoms with van der Waals surface area (Å²) in [6, 6.07) is 8.06. The Bertz CT molecular complexity index is 885. The van der Waals surface area contributed by atoms with Gasteiger partial charge in [0.1, 0.15) is 0 Å². The molecule has 1 spiro atoms. The van der Waals surface area contributed by atoms with Crippen LogP contribution in [0.1, 0.15) is 50.0 Å². The van der Waals surface area contributed by atoms with Crippen LogP contribution in [0.2, 0.25) is 0 Å². The average molecular weight is 431 g/mol. The number of furan rings is 1. The third-order valence-electron chi connectivity index (χ3n) is 6.00. The van der Waals surface area contributed by atoms with Gasteiger partial charge in [-0.05, 0) is 49.1 Å². The smallest absolute Gasteiger partial charge is 0.180 e. The maximum absolute atomic E-state index is 6.72. The molecule has 1 saturated carbocycles. The molecule has 6 heteroatoms. The van der Waals surface area contributed by atoms with Gasteiger partial charge in [0.2, 0.25) is 0 Å². The molecular formula is C21H23BrN2O3. The van der Waals surface area contributed by atoms with Crippen LogP contribution in [0.5, 0.6) is 11.5 Å². The van der Waals surface area contributed by atoms with Crippen molar-refractivity contribution in [3.63, 3.8) is 0 Å². The number of methoxy groups -OCH3 is 1. The van der Waals surface area contributed by atoms with Gasteiger partial charge in [-0.1, -0.05) is 22.9 Å². The molecule has 1 aliphatic carbocycles. The number of halogens is 1. The first-order valence-corrected chi connectivity index (χ1v) is 10.3. The first kappa shape index (κ1) is 17.2. The number of fused-ring (bicyclic) bond motifs is 4. The van der Waals surface area contributed by atoms with Gasteiger partial charge in [-0.25, -0.2) is 0 Å². The number of hydrogen-bond acceptors (Lipinski definition) is 5. The highest BCUT2D eigenvalue weighted by atomic mass is 79.9. The standard InChI is InChI=1S/C21H23BrN2O3/c1-13-5-7-21(8-6-13)24-17(12-16(23-24)18-4-3-9-26-18)15-10-14(22)11-19(25-2)20(15)27-21/h3-4,9-13,17,23H,5-8H2,1-2H3. The lowest BCUT2D eigenvalue weighted by molar-refractivity contribution is -0.156. The highest BCUT2D eigenvalue weighted by molar-refractivity contribution is 9.10. The van der Waals surface area contributed by atoms with Crippen molar-refractivity contribution in [2.24, 2.45) is 5.92 Å². The van der Waals surface area contributed by atoms with Gasteiger partial charge < -0.3 is 19.3 Å². The Morgan fingerprint density at radius 2 is 2.11 bits per heavy atom. The number of hydrazine groups is 1. The molecule has 2 aliphatic heterocycles. The molecule has 3 heterocycles. The molecular weight excluding hydrogens is 408 g/mol. The van der Waals surface area contributed by atoms with Crippen molar-refractivity contribution in [2.45, 2.75) is 44.4 Å². The van der Waals surface area contributed by atoms with Crippen molar-refractivity contribution in [3.05, 3.63) is 52.4 Å². The monoisotopic (exact) mass is 430 g/mol. The van der Waals surface area contributed by atoms with E-state index in [1.807, 2.05) is 18.2 Å². The predicted octanol–water partition coefficient (Wildman–Crippen LogP) is 5.25. The summed E-state index contributed by atoms with van der Waals surface area (Å²) in [6.07, 6.45) is 8.19. The van der Waals surface area contributed by atoms with E-state index in [4.69, 9.17) is 13.9 Å². The second-order valence-corrected chi connectivity index (χ2v) is 8.66. The minimum Gasteiger partial charge on any atom is -0.493 e. The zero-order valence-electron chi connectivity index (χ0n) is 15.5. The Labute approximate surface area is 167 Å². The number of nitrogens with one attached hydrogen (secondary N) is 1. The molecule has 1 N–H and O–H groups in total. The maximum Gasteiger partial charge on any atom is 0.180 e. The first-order chi connectivity index (χ1) is 13.1. The minimum atomic E-state index is -0.379. The van der Waals surface area contributed by atoms with Crippen LogP contribution in [0.25, 0.3) is 5.70 Å². The molecule has 0 radical (unpaired) electrons. The number of nitrogens with zero attached hydrogens (tertiary/aromatic N) is 1. The van der Waals surface area contributed by atoms with Crippen LogP contribution in [0.4, 0.5) is 0 Å². The third kappa shape index (κ3) is 2.69. The van der Waals surface area contributed by atoms with Gasteiger partial charge in [-0.15, -0.1) is 0 Å². The van der Waals surface area contributed by atoms with Crippen molar-refractivity contribution in [1.29, 1.82) is 0 Å². The molecule has 1 atom stereocenters. The van der Waals surface area contributed by atoms with Gasteiger partial charge in [-0.2, -0.15) is 5.01 Å². The van der Waals surface area contributed by atoms with Crippen LogP contribution in [-0.4, -0.2) is 17.8 Å². The zero-order chi connectivity index (χ0) is 18.6. The Morgan fingerprint density at radius 3 is 2.81 bits per heavy atom. The Hall–Kier alpha value is -1.92. The van der Waals surface area contributed by atoms with Gasteiger partial charge in [-0.3, -0.25) is 0 Å². The molecule has 0 saturated heterocycles. The van der Waals surface area contributed by atoms with Crippen molar-refractivity contribution >= 4 is 21.6 Å². The van der Waals surface area contributed by atoms with Crippen molar-refractivity contribution in [2.75, 3.05) is 7.11 Å². The van der Waals surface area contributed by atoms with Crippen LogP contribution >= 0.6 is 15.9 Å². The molecule has 0 amide bonds. The predicted molar refractivity (Wildman–Crippen MR) is 106 cm³/mol. The van der Waals surface area contributed by atoms with E-state index in [0.717, 1.165) is 64.6 Å². The SMILES string of the molecule is COc1cc(Br)cc2c1OC1(CCC(C)CC1)N1NC(c3ccco3)=CC21. The number of ether oxygens (including phenoxy) is 2. The summed E-state index contributed by atoms with van der Waals surface area (Å²) in [5, 5.41) is 2.28.